The van der Waals surface area contributed by atoms with E-state index in [0.717, 1.165) is 15.0 Å². The van der Waals surface area contributed by atoms with Crippen LogP contribution in [0, 0.1) is 12.7 Å². The topological polar surface area (TPSA) is 40.6 Å². The van der Waals surface area contributed by atoms with Gasteiger partial charge in [0, 0.05) is 31.4 Å². The SMILES string of the molecule is Cc1cc(F)ccc1N1CCN(S(=O)(=O)c2ccc(Br)s2)C(C)C1. The zero-order valence-corrected chi connectivity index (χ0v) is 16.6. The zero-order valence-electron chi connectivity index (χ0n) is 13.4. The average Bonchev–Trinajstić information content (AvgIpc) is 2.94. The molecule has 1 fully saturated rings. The number of anilines is 1. The second kappa shape index (κ2) is 6.74. The predicted octanol–water partition coefficient (Wildman–Crippen LogP) is 3.86. The van der Waals surface area contributed by atoms with Gasteiger partial charge in [-0.15, -0.1) is 11.3 Å². The van der Waals surface area contributed by atoms with Crippen LogP contribution in [0.5, 0.6) is 0 Å². The molecule has 130 valence electrons. The van der Waals surface area contributed by atoms with Crippen LogP contribution in [0.15, 0.2) is 38.3 Å². The van der Waals surface area contributed by atoms with Crippen molar-refractivity contribution in [1.29, 1.82) is 0 Å². The molecule has 2 heterocycles. The third kappa shape index (κ3) is 3.37. The first-order valence-corrected chi connectivity index (χ1v) is 10.6. The van der Waals surface area contributed by atoms with E-state index in [1.54, 1.807) is 22.5 Å². The smallest absolute Gasteiger partial charge is 0.252 e. The van der Waals surface area contributed by atoms with Crippen molar-refractivity contribution in [2.75, 3.05) is 24.5 Å². The zero-order chi connectivity index (χ0) is 17.5. The van der Waals surface area contributed by atoms with E-state index in [4.69, 9.17) is 0 Å². The Bertz CT molecular complexity index is 854. The van der Waals surface area contributed by atoms with Crippen LogP contribution in [0.3, 0.4) is 0 Å². The number of hydrogen-bond donors (Lipinski definition) is 0. The van der Waals surface area contributed by atoms with Crippen LogP contribution in [-0.4, -0.2) is 38.4 Å². The van der Waals surface area contributed by atoms with Gasteiger partial charge in [-0.25, -0.2) is 12.8 Å². The maximum absolute atomic E-state index is 13.3. The fraction of sp³-hybridized carbons (Fsp3) is 0.375. The van der Waals surface area contributed by atoms with E-state index in [-0.39, 0.29) is 11.9 Å². The van der Waals surface area contributed by atoms with Crippen molar-refractivity contribution in [3.8, 4) is 0 Å². The molecule has 8 heteroatoms. The van der Waals surface area contributed by atoms with E-state index in [2.05, 4.69) is 20.8 Å². The lowest BCUT2D eigenvalue weighted by Gasteiger charge is -2.40. The Hall–Kier alpha value is -0.960. The highest BCUT2D eigenvalue weighted by atomic mass is 79.9. The van der Waals surface area contributed by atoms with Gasteiger partial charge in [0.1, 0.15) is 10.0 Å². The summed E-state index contributed by atoms with van der Waals surface area (Å²) in [4.78, 5) is 2.12. The third-order valence-corrected chi connectivity index (χ3v) is 8.28. The molecule has 0 aliphatic carbocycles. The monoisotopic (exact) mass is 432 g/mol. The first kappa shape index (κ1) is 17.8. The van der Waals surface area contributed by atoms with Crippen molar-refractivity contribution >= 4 is 43.0 Å². The van der Waals surface area contributed by atoms with E-state index in [1.165, 1.54) is 23.5 Å². The van der Waals surface area contributed by atoms with Gasteiger partial charge in [0.25, 0.3) is 10.0 Å². The normalized spacial score (nSPS) is 19.7. The molecule has 4 nitrogen and oxygen atoms in total. The molecule has 1 aromatic carbocycles. The van der Waals surface area contributed by atoms with Crippen LogP contribution in [-0.2, 0) is 10.0 Å². The second-order valence-corrected chi connectivity index (χ2v) is 10.5. The predicted molar refractivity (Wildman–Crippen MR) is 98.7 cm³/mol. The van der Waals surface area contributed by atoms with Crippen LogP contribution < -0.4 is 4.90 Å². The summed E-state index contributed by atoms with van der Waals surface area (Å²) in [7, 11) is -3.48. The molecule has 1 atom stereocenters. The number of hydrogen-bond acceptors (Lipinski definition) is 4. The molecule has 0 amide bonds. The molecule has 1 unspecified atom stereocenters. The maximum atomic E-state index is 13.3. The van der Waals surface area contributed by atoms with E-state index in [9.17, 15) is 12.8 Å². The lowest BCUT2D eigenvalue weighted by Crippen LogP contribution is -2.54. The molecule has 0 radical (unpaired) electrons. The number of rotatable bonds is 3. The van der Waals surface area contributed by atoms with Gasteiger partial charge < -0.3 is 4.90 Å². The van der Waals surface area contributed by atoms with Gasteiger partial charge in [-0.05, 0) is 65.7 Å². The van der Waals surface area contributed by atoms with Crippen LogP contribution in [0.4, 0.5) is 10.1 Å². The van der Waals surface area contributed by atoms with Crippen molar-refractivity contribution in [2.24, 2.45) is 0 Å². The Kier molecular flexibility index (Phi) is 5.01. The lowest BCUT2D eigenvalue weighted by atomic mass is 10.1. The van der Waals surface area contributed by atoms with Gasteiger partial charge in [0.2, 0.25) is 0 Å². The molecule has 0 spiro atoms. The summed E-state index contributed by atoms with van der Waals surface area (Å²) in [6.45, 7) is 5.36. The van der Waals surface area contributed by atoms with E-state index in [1.807, 2.05) is 13.8 Å². The van der Waals surface area contributed by atoms with Crippen LogP contribution in [0.25, 0.3) is 0 Å². The van der Waals surface area contributed by atoms with Crippen molar-refractivity contribution in [3.63, 3.8) is 0 Å². The fourth-order valence-electron chi connectivity index (χ4n) is 3.04. The minimum Gasteiger partial charge on any atom is -0.368 e. The largest absolute Gasteiger partial charge is 0.368 e. The molecular weight excluding hydrogens is 415 g/mol. The molecular formula is C16H18BrFN2O2S2. The second-order valence-electron chi connectivity index (χ2n) is 5.90. The molecule has 2 aromatic rings. The molecule has 1 aliphatic heterocycles. The first-order chi connectivity index (χ1) is 11.3. The van der Waals surface area contributed by atoms with Gasteiger partial charge in [-0.1, -0.05) is 0 Å². The number of halogens is 2. The molecule has 0 saturated carbocycles. The Morgan fingerprint density at radius 3 is 2.58 bits per heavy atom. The van der Waals surface area contributed by atoms with E-state index >= 15 is 0 Å². The summed E-state index contributed by atoms with van der Waals surface area (Å²) in [5.74, 6) is -0.256. The highest BCUT2D eigenvalue weighted by molar-refractivity contribution is 9.11. The Balaban J connectivity index is 1.80. The van der Waals surface area contributed by atoms with Crippen molar-refractivity contribution in [2.45, 2.75) is 24.1 Å². The van der Waals surface area contributed by atoms with Crippen LogP contribution in [0.2, 0.25) is 0 Å². The lowest BCUT2D eigenvalue weighted by molar-refractivity contribution is 0.307. The Labute approximate surface area is 154 Å². The number of piperazine rings is 1. The van der Waals surface area contributed by atoms with Crippen molar-refractivity contribution in [3.05, 3.63) is 45.5 Å². The van der Waals surface area contributed by atoms with Gasteiger partial charge in [-0.3, -0.25) is 0 Å². The molecule has 1 aromatic heterocycles. The fourth-order valence-corrected chi connectivity index (χ4v) is 6.79. The first-order valence-electron chi connectivity index (χ1n) is 7.57. The van der Waals surface area contributed by atoms with Crippen molar-refractivity contribution < 1.29 is 12.8 Å². The molecule has 1 saturated heterocycles. The minimum absolute atomic E-state index is 0.158. The summed E-state index contributed by atoms with van der Waals surface area (Å²) >= 11 is 4.54. The van der Waals surface area contributed by atoms with Gasteiger partial charge in [0.05, 0.1) is 3.79 Å². The number of sulfonamides is 1. The standard InChI is InChI=1S/C16H18BrFN2O2S2/c1-11-9-13(18)3-4-14(11)19-7-8-20(12(2)10-19)24(21,22)16-6-5-15(17)23-16/h3-6,9,12H,7-8,10H2,1-2H3. The highest BCUT2D eigenvalue weighted by Gasteiger charge is 2.34. The molecule has 0 N–H and O–H groups in total. The average molecular weight is 433 g/mol. The number of aryl methyl sites for hydroxylation is 1. The van der Waals surface area contributed by atoms with Crippen molar-refractivity contribution in [1.82, 2.24) is 4.31 Å². The molecule has 24 heavy (non-hydrogen) atoms. The number of thiophene rings is 1. The van der Waals surface area contributed by atoms with Crippen LogP contribution in [0.1, 0.15) is 12.5 Å². The van der Waals surface area contributed by atoms with Gasteiger partial charge >= 0.3 is 0 Å². The van der Waals surface area contributed by atoms with E-state index in [0.29, 0.717) is 23.8 Å². The summed E-state index contributed by atoms with van der Waals surface area (Å²) in [6, 6.07) is 7.94. The quantitative estimate of drug-likeness (QED) is 0.738. The summed E-state index contributed by atoms with van der Waals surface area (Å²) in [6.07, 6.45) is 0. The summed E-state index contributed by atoms with van der Waals surface area (Å²) in [5, 5.41) is 0. The third-order valence-electron chi connectivity index (χ3n) is 4.18. The Morgan fingerprint density at radius 2 is 2.00 bits per heavy atom. The van der Waals surface area contributed by atoms with E-state index < -0.39 is 10.0 Å². The molecule has 0 bridgehead atoms. The summed E-state index contributed by atoms with van der Waals surface area (Å²) < 4.78 is 41.6. The number of nitrogens with zero attached hydrogens (tertiary/aromatic N) is 2. The highest BCUT2D eigenvalue weighted by Crippen LogP contribution is 2.31. The minimum atomic E-state index is -3.48. The maximum Gasteiger partial charge on any atom is 0.252 e. The number of benzene rings is 1. The molecule has 3 rings (SSSR count). The van der Waals surface area contributed by atoms with Gasteiger partial charge in [-0.2, -0.15) is 4.31 Å². The Morgan fingerprint density at radius 1 is 1.25 bits per heavy atom. The molecule has 1 aliphatic rings. The van der Waals surface area contributed by atoms with Crippen LogP contribution >= 0.6 is 27.3 Å². The summed E-state index contributed by atoms with van der Waals surface area (Å²) in [5.41, 5.74) is 1.82. The van der Waals surface area contributed by atoms with Gasteiger partial charge in [0.15, 0.2) is 0 Å².